The second kappa shape index (κ2) is 6.49. The zero-order valence-corrected chi connectivity index (χ0v) is 12.6. The minimum absolute atomic E-state index is 0.100. The number of carbonyl (C=O) groups excluding carboxylic acids is 1. The Morgan fingerprint density at radius 2 is 1.90 bits per heavy atom. The molecule has 2 nitrogen and oxygen atoms in total. The van der Waals surface area contributed by atoms with E-state index < -0.39 is 0 Å². The van der Waals surface area contributed by atoms with E-state index in [0.29, 0.717) is 29.9 Å². The summed E-state index contributed by atoms with van der Waals surface area (Å²) in [6.07, 6.45) is 1.78. The number of hydrogen-bond acceptors (Lipinski definition) is 2. The first-order chi connectivity index (χ1) is 9.47. The number of halogens is 1. The van der Waals surface area contributed by atoms with Crippen LogP contribution >= 0.6 is 0 Å². The summed E-state index contributed by atoms with van der Waals surface area (Å²) in [5, 5.41) is 0. The van der Waals surface area contributed by atoms with Gasteiger partial charge < -0.3 is 0 Å². The highest BCUT2D eigenvalue weighted by molar-refractivity contribution is 5.96. The topological polar surface area (TPSA) is 20.3 Å². The lowest BCUT2D eigenvalue weighted by Crippen LogP contribution is -2.46. The molecule has 1 aliphatic rings. The standard InChI is InChI=1S/C17H24FNO/c1-12-10-13(2)14(3)19(11-12)9-8-17(20)15-4-6-16(18)7-5-15/h4-7,12-14H,8-11H2,1-3H3. The highest BCUT2D eigenvalue weighted by atomic mass is 19.1. The summed E-state index contributed by atoms with van der Waals surface area (Å²) in [6.45, 7) is 8.68. The molecule has 20 heavy (non-hydrogen) atoms. The molecule has 2 rings (SSSR count). The molecule has 1 saturated heterocycles. The Balaban J connectivity index is 1.91. The van der Waals surface area contributed by atoms with Gasteiger partial charge in [-0.3, -0.25) is 9.69 Å². The Bertz CT molecular complexity index is 457. The van der Waals surface area contributed by atoms with Crippen molar-refractivity contribution in [1.82, 2.24) is 4.90 Å². The van der Waals surface area contributed by atoms with E-state index >= 15 is 0 Å². The van der Waals surface area contributed by atoms with Crippen LogP contribution in [0.3, 0.4) is 0 Å². The molecule has 3 heteroatoms. The molecule has 0 radical (unpaired) electrons. The number of ketones is 1. The number of rotatable bonds is 4. The van der Waals surface area contributed by atoms with Gasteiger partial charge in [0.2, 0.25) is 0 Å². The summed E-state index contributed by atoms with van der Waals surface area (Å²) in [7, 11) is 0. The molecule has 1 fully saturated rings. The molecule has 1 aromatic carbocycles. The zero-order chi connectivity index (χ0) is 14.7. The van der Waals surface area contributed by atoms with Gasteiger partial charge in [-0.1, -0.05) is 13.8 Å². The fourth-order valence-corrected chi connectivity index (χ4v) is 3.15. The van der Waals surface area contributed by atoms with E-state index in [-0.39, 0.29) is 11.6 Å². The molecule has 0 spiro atoms. The molecule has 0 amide bonds. The fourth-order valence-electron chi connectivity index (χ4n) is 3.15. The van der Waals surface area contributed by atoms with E-state index in [1.807, 2.05) is 0 Å². The first-order valence-electron chi connectivity index (χ1n) is 7.50. The number of likely N-dealkylation sites (tertiary alicyclic amines) is 1. The van der Waals surface area contributed by atoms with Gasteiger partial charge in [0.05, 0.1) is 0 Å². The van der Waals surface area contributed by atoms with Crippen LogP contribution < -0.4 is 0 Å². The van der Waals surface area contributed by atoms with Crippen LogP contribution in [-0.2, 0) is 0 Å². The van der Waals surface area contributed by atoms with E-state index in [9.17, 15) is 9.18 Å². The van der Waals surface area contributed by atoms with Crippen molar-refractivity contribution in [1.29, 1.82) is 0 Å². The summed E-state index contributed by atoms with van der Waals surface area (Å²) >= 11 is 0. The van der Waals surface area contributed by atoms with E-state index in [1.165, 1.54) is 18.6 Å². The van der Waals surface area contributed by atoms with E-state index in [0.717, 1.165) is 13.1 Å². The van der Waals surface area contributed by atoms with Crippen LogP contribution in [0.2, 0.25) is 0 Å². The summed E-state index contributed by atoms with van der Waals surface area (Å²) < 4.78 is 12.8. The van der Waals surface area contributed by atoms with Gasteiger partial charge in [0.15, 0.2) is 5.78 Å². The molecular weight excluding hydrogens is 253 g/mol. The predicted molar refractivity (Wildman–Crippen MR) is 79.3 cm³/mol. The molecule has 0 aromatic heterocycles. The smallest absolute Gasteiger partial charge is 0.164 e. The lowest BCUT2D eigenvalue weighted by Gasteiger charge is -2.41. The van der Waals surface area contributed by atoms with Crippen LogP contribution in [0.5, 0.6) is 0 Å². The third-order valence-corrected chi connectivity index (χ3v) is 4.51. The number of hydrogen-bond donors (Lipinski definition) is 0. The van der Waals surface area contributed by atoms with Gasteiger partial charge in [0.1, 0.15) is 5.82 Å². The van der Waals surface area contributed by atoms with Gasteiger partial charge in [0, 0.05) is 31.1 Å². The lowest BCUT2D eigenvalue weighted by atomic mass is 9.86. The maximum atomic E-state index is 12.8. The van der Waals surface area contributed by atoms with Crippen molar-refractivity contribution in [2.45, 2.75) is 39.7 Å². The third-order valence-electron chi connectivity index (χ3n) is 4.51. The fraction of sp³-hybridized carbons (Fsp3) is 0.588. The first kappa shape index (κ1) is 15.2. The Morgan fingerprint density at radius 3 is 2.55 bits per heavy atom. The van der Waals surface area contributed by atoms with Gasteiger partial charge in [-0.15, -0.1) is 0 Å². The normalized spacial score (nSPS) is 27.5. The Morgan fingerprint density at radius 1 is 1.25 bits per heavy atom. The van der Waals surface area contributed by atoms with Crippen LogP contribution in [0.1, 0.15) is 44.0 Å². The van der Waals surface area contributed by atoms with Crippen molar-refractivity contribution < 1.29 is 9.18 Å². The minimum atomic E-state index is -0.297. The van der Waals surface area contributed by atoms with Crippen molar-refractivity contribution in [3.8, 4) is 0 Å². The van der Waals surface area contributed by atoms with Gasteiger partial charge >= 0.3 is 0 Å². The first-order valence-corrected chi connectivity index (χ1v) is 7.50. The average Bonchev–Trinajstić information content (AvgIpc) is 2.41. The Labute approximate surface area is 121 Å². The van der Waals surface area contributed by atoms with Crippen molar-refractivity contribution in [3.63, 3.8) is 0 Å². The van der Waals surface area contributed by atoms with Crippen LogP contribution in [0.4, 0.5) is 4.39 Å². The Hall–Kier alpha value is -1.22. The van der Waals surface area contributed by atoms with Gasteiger partial charge in [-0.2, -0.15) is 0 Å². The van der Waals surface area contributed by atoms with Crippen LogP contribution in [0.15, 0.2) is 24.3 Å². The second-order valence-corrected chi connectivity index (χ2v) is 6.23. The summed E-state index contributed by atoms with van der Waals surface area (Å²) in [4.78, 5) is 14.5. The quantitative estimate of drug-likeness (QED) is 0.781. The van der Waals surface area contributed by atoms with Crippen LogP contribution in [-0.4, -0.2) is 29.8 Å². The largest absolute Gasteiger partial charge is 0.300 e. The monoisotopic (exact) mass is 277 g/mol. The Kier molecular flexibility index (Phi) is 4.92. The van der Waals surface area contributed by atoms with Gasteiger partial charge in [0.25, 0.3) is 0 Å². The van der Waals surface area contributed by atoms with Crippen LogP contribution in [0, 0.1) is 17.7 Å². The summed E-state index contributed by atoms with van der Waals surface area (Å²) in [5.74, 6) is 1.18. The third kappa shape index (κ3) is 3.66. The van der Waals surface area contributed by atoms with E-state index in [1.54, 1.807) is 12.1 Å². The SMILES string of the molecule is CC1CC(C)C(C)N(CCC(=O)c2ccc(F)cc2)C1. The lowest BCUT2D eigenvalue weighted by molar-refractivity contribution is 0.0721. The molecule has 1 aromatic rings. The predicted octanol–water partition coefficient (Wildman–Crippen LogP) is 3.76. The molecule has 0 saturated carbocycles. The molecule has 0 N–H and O–H groups in total. The van der Waals surface area contributed by atoms with E-state index in [2.05, 4.69) is 25.7 Å². The van der Waals surface area contributed by atoms with E-state index in [4.69, 9.17) is 0 Å². The van der Waals surface area contributed by atoms with Crippen molar-refractivity contribution >= 4 is 5.78 Å². The highest BCUT2D eigenvalue weighted by Crippen LogP contribution is 2.27. The van der Waals surface area contributed by atoms with Crippen molar-refractivity contribution in [2.75, 3.05) is 13.1 Å². The minimum Gasteiger partial charge on any atom is -0.300 e. The number of benzene rings is 1. The van der Waals surface area contributed by atoms with Crippen LogP contribution in [0.25, 0.3) is 0 Å². The number of Topliss-reactive ketones (excluding diaryl/α,β-unsaturated/α-hetero) is 1. The number of nitrogens with zero attached hydrogens (tertiary/aromatic N) is 1. The molecule has 0 bridgehead atoms. The summed E-state index contributed by atoms with van der Waals surface area (Å²) in [5.41, 5.74) is 0.608. The maximum Gasteiger partial charge on any atom is 0.164 e. The molecule has 1 aliphatic heterocycles. The molecule has 3 unspecified atom stereocenters. The van der Waals surface area contributed by atoms with Crippen molar-refractivity contribution in [2.24, 2.45) is 11.8 Å². The average molecular weight is 277 g/mol. The number of piperidine rings is 1. The second-order valence-electron chi connectivity index (χ2n) is 6.23. The zero-order valence-electron chi connectivity index (χ0n) is 12.6. The maximum absolute atomic E-state index is 12.8. The molecule has 110 valence electrons. The van der Waals surface area contributed by atoms with Gasteiger partial charge in [-0.05, 0) is 49.4 Å². The molecular formula is C17H24FNO. The number of carbonyl (C=O) groups is 1. The highest BCUT2D eigenvalue weighted by Gasteiger charge is 2.28. The summed E-state index contributed by atoms with van der Waals surface area (Å²) in [6, 6.07) is 6.37. The molecule has 3 atom stereocenters. The molecule has 0 aliphatic carbocycles. The van der Waals surface area contributed by atoms with Crippen molar-refractivity contribution in [3.05, 3.63) is 35.6 Å². The van der Waals surface area contributed by atoms with Gasteiger partial charge in [-0.25, -0.2) is 4.39 Å². The molecule has 1 heterocycles.